The zero-order valence-corrected chi connectivity index (χ0v) is 13.1. The molecule has 0 fully saturated rings. The van der Waals surface area contributed by atoms with Gasteiger partial charge in [-0.3, -0.25) is 0 Å². The second-order valence-electron chi connectivity index (χ2n) is 5.46. The van der Waals surface area contributed by atoms with Gasteiger partial charge in [0, 0.05) is 24.8 Å². The van der Waals surface area contributed by atoms with E-state index in [1.54, 1.807) is 6.33 Å². The minimum absolute atomic E-state index is 0.797. The first-order valence-corrected chi connectivity index (χ1v) is 7.09. The van der Waals surface area contributed by atoms with Crippen LogP contribution in [0.3, 0.4) is 0 Å². The Morgan fingerprint density at radius 3 is 2.57 bits per heavy atom. The van der Waals surface area contributed by atoms with E-state index in [-0.39, 0.29) is 0 Å². The van der Waals surface area contributed by atoms with E-state index in [4.69, 9.17) is 0 Å². The van der Waals surface area contributed by atoms with Gasteiger partial charge in [0.1, 0.15) is 18.0 Å². The van der Waals surface area contributed by atoms with E-state index < -0.39 is 0 Å². The van der Waals surface area contributed by atoms with E-state index in [2.05, 4.69) is 71.6 Å². The average molecular weight is 285 g/mol. The van der Waals surface area contributed by atoms with Gasteiger partial charge in [0.2, 0.25) is 0 Å². The van der Waals surface area contributed by atoms with Crippen LogP contribution in [0.1, 0.15) is 11.1 Å². The fraction of sp³-hybridized carbons (Fsp3) is 0.375. The van der Waals surface area contributed by atoms with E-state index in [1.165, 1.54) is 11.1 Å². The largest absolute Gasteiger partial charge is 0.369 e. The van der Waals surface area contributed by atoms with Gasteiger partial charge in [-0.05, 0) is 45.1 Å². The van der Waals surface area contributed by atoms with Gasteiger partial charge in [-0.1, -0.05) is 12.1 Å². The first kappa shape index (κ1) is 15.3. The number of benzene rings is 1. The molecular formula is C16H23N5. The van der Waals surface area contributed by atoms with Crippen LogP contribution in [0.2, 0.25) is 0 Å². The molecule has 0 unspecified atom stereocenters. The van der Waals surface area contributed by atoms with Crippen LogP contribution in [0.5, 0.6) is 0 Å². The Morgan fingerprint density at radius 2 is 1.81 bits per heavy atom. The summed E-state index contributed by atoms with van der Waals surface area (Å²) in [4.78, 5) is 10.6. The van der Waals surface area contributed by atoms with E-state index in [0.717, 1.165) is 30.4 Å². The lowest BCUT2D eigenvalue weighted by Gasteiger charge is -2.12. The third-order valence-corrected chi connectivity index (χ3v) is 3.19. The second kappa shape index (κ2) is 7.04. The Balaban J connectivity index is 2.05. The summed E-state index contributed by atoms with van der Waals surface area (Å²) in [6.45, 7) is 5.98. The van der Waals surface area contributed by atoms with Crippen molar-refractivity contribution in [3.63, 3.8) is 0 Å². The SMILES string of the molecule is Cc1ccc(C)c(Nc2cc(NCCN(C)C)ncn2)c1. The zero-order chi connectivity index (χ0) is 15.2. The summed E-state index contributed by atoms with van der Waals surface area (Å²) in [5.74, 6) is 1.63. The zero-order valence-electron chi connectivity index (χ0n) is 13.1. The number of nitrogens with zero attached hydrogens (tertiary/aromatic N) is 3. The summed E-state index contributed by atoms with van der Waals surface area (Å²) >= 11 is 0. The molecule has 0 radical (unpaired) electrons. The van der Waals surface area contributed by atoms with Crippen LogP contribution < -0.4 is 10.6 Å². The molecule has 1 aromatic heterocycles. The molecule has 112 valence electrons. The van der Waals surface area contributed by atoms with Crippen molar-refractivity contribution in [1.82, 2.24) is 14.9 Å². The van der Waals surface area contributed by atoms with Crippen molar-refractivity contribution in [3.05, 3.63) is 41.7 Å². The maximum Gasteiger partial charge on any atom is 0.135 e. The van der Waals surface area contributed by atoms with Crippen LogP contribution in [0, 0.1) is 13.8 Å². The molecule has 2 rings (SSSR count). The fourth-order valence-electron chi connectivity index (χ4n) is 1.94. The van der Waals surface area contributed by atoms with Crippen LogP contribution in [-0.2, 0) is 0 Å². The number of likely N-dealkylation sites (N-methyl/N-ethyl adjacent to an activating group) is 1. The van der Waals surface area contributed by atoms with Crippen LogP contribution in [-0.4, -0.2) is 42.1 Å². The van der Waals surface area contributed by atoms with E-state index in [1.807, 2.05) is 6.07 Å². The molecule has 0 aliphatic heterocycles. The Bertz CT molecular complexity index is 595. The molecule has 1 heterocycles. The predicted octanol–water partition coefficient (Wildman–Crippen LogP) is 2.81. The third kappa shape index (κ3) is 4.72. The van der Waals surface area contributed by atoms with E-state index >= 15 is 0 Å². The molecule has 0 amide bonds. The van der Waals surface area contributed by atoms with Crippen molar-refractivity contribution in [2.75, 3.05) is 37.8 Å². The van der Waals surface area contributed by atoms with Crippen molar-refractivity contribution >= 4 is 17.3 Å². The highest BCUT2D eigenvalue weighted by molar-refractivity contribution is 5.62. The lowest BCUT2D eigenvalue weighted by atomic mass is 10.1. The first-order chi connectivity index (χ1) is 10.0. The number of aromatic nitrogens is 2. The maximum atomic E-state index is 4.28. The third-order valence-electron chi connectivity index (χ3n) is 3.19. The lowest BCUT2D eigenvalue weighted by molar-refractivity contribution is 0.425. The minimum atomic E-state index is 0.797. The minimum Gasteiger partial charge on any atom is -0.369 e. The Labute approximate surface area is 126 Å². The van der Waals surface area contributed by atoms with Gasteiger partial charge in [0.05, 0.1) is 0 Å². The van der Waals surface area contributed by atoms with Gasteiger partial charge < -0.3 is 15.5 Å². The van der Waals surface area contributed by atoms with Crippen molar-refractivity contribution in [2.45, 2.75) is 13.8 Å². The summed E-state index contributed by atoms with van der Waals surface area (Å²) in [5, 5.41) is 6.65. The van der Waals surface area contributed by atoms with Gasteiger partial charge in [0.25, 0.3) is 0 Å². The molecule has 0 aliphatic carbocycles. The summed E-state index contributed by atoms with van der Waals surface area (Å²) in [7, 11) is 4.10. The number of aryl methyl sites for hydroxylation is 2. The van der Waals surface area contributed by atoms with Crippen LogP contribution in [0.4, 0.5) is 17.3 Å². The lowest BCUT2D eigenvalue weighted by Crippen LogP contribution is -2.21. The fourth-order valence-corrected chi connectivity index (χ4v) is 1.94. The first-order valence-electron chi connectivity index (χ1n) is 7.09. The van der Waals surface area contributed by atoms with Crippen molar-refractivity contribution in [1.29, 1.82) is 0 Å². The number of hydrogen-bond donors (Lipinski definition) is 2. The molecule has 0 saturated carbocycles. The van der Waals surface area contributed by atoms with Gasteiger partial charge in [-0.25, -0.2) is 9.97 Å². The summed E-state index contributed by atoms with van der Waals surface area (Å²) in [6, 6.07) is 8.26. The van der Waals surface area contributed by atoms with Crippen molar-refractivity contribution in [2.24, 2.45) is 0 Å². The highest BCUT2D eigenvalue weighted by Crippen LogP contribution is 2.21. The number of rotatable bonds is 6. The number of nitrogens with one attached hydrogen (secondary N) is 2. The van der Waals surface area contributed by atoms with Gasteiger partial charge >= 0.3 is 0 Å². The molecule has 0 spiro atoms. The summed E-state index contributed by atoms with van der Waals surface area (Å²) < 4.78 is 0. The average Bonchev–Trinajstić information content (AvgIpc) is 2.43. The summed E-state index contributed by atoms with van der Waals surface area (Å²) in [5.41, 5.74) is 3.50. The van der Waals surface area contributed by atoms with Crippen molar-refractivity contribution in [3.8, 4) is 0 Å². The van der Waals surface area contributed by atoms with E-state index in [9.17, 15) is 0 Å². The predicted molar refractivity (Wildman–Crippen MR) is 88.3 cm³/mol. The molecule has 0 aliphatic rings. The van der Waals surface area contributed by atoms with Crippen molar-refractivity contribution < 1.29 is 0 Å². The highest BCUT2D eigenvalue weighted by atomic mass is 15.1. The molecule has 5 heteroatoms. The number of hydrogen-bond acceptors (Lipinski definition) is 5. The van der Waals surface area contributed by atoms with Crippen LogP contribution in [0.25, 0.3) is 0 Å². The molecule has 2 N–H and O–H groups in total. The molecule has 1 aromatic carbocycles. The molecule has 0 saturated heterocycles. The standard InChI is InChI=1S/C16H23N5/c1-12-5-6-13(2)14(9-12)20-16-10-15(18-11-19-16)17-7-8-21(3)4/h5-6,9-11H,7-8H2,1-4H3,(H2,17,18,19,20). The molecular weight excluding hydrogens is 262 g/mol. The quantitative estimate of drug-likeness (QED) is 0.855. The molecule has 0 atom stereocenters. The molecule has 21 heavy (non-hydrogen) atoms. The van der Waals surface area contributed by atoms with Gasteiger partial charge in [0.15, 0.2) is 0 Å². The molecule has 2 aromatic rings. The summed E-state index contributed by atoms with van der Waals surface area (Å²) in [6.07, 6.45) is 1.57. The van der Waals surface area contributed by atoms with E-state index in [0.29, 0.717) is 0 Å². The Kier molecular flexibility index (Phi) is 5.11. The smallest absolute Gasteiger partial charge is 0.135 e. The van der Waals surface area contributed by atoms with Gasteiger partial charge in [-0.15, -0.1) is 0 Å². The topological polar surface area (TPSA) is 53.1 Å². The maximum absolute atomic E-state index is 4.28. The van der Waals surface area contributed by atoms with Gasteiger partial charge in [-0.2, -0.15) is 0 Å². The van der Waals surface area contributed by atoms with Crippen LogP contribution >= 0.6 is 0 Å². The normalized spacial score (nSPS) is 10.7. The second-order valence-corrected chi connectivity index (χ2v) is 5.46. The molecule has 0 bridgehead atoms. The highest BCUT2D eigenvalue weighted by Gasteiger charge is 2.02. The monoisotopic (exact) mass is 285 g/mol. The molecule has 5 nitrogen and oxygen atoms in total. The van der Waals surface area contributed by atoms with Crippen LogP contribution in [0.15, 0.2) is 30.6 Å². The Morgan fingerprint density at radius 1 is 1.05 bits per heavy atom. The number of anilines is 3. The Hall–Kier alpha value is -2.14.